The summed E-state index contributed by atoms with van der Waals surface area (Å²) in [6.45, 7) is 10.9. The van der Waals surface area contributed by atoms with E-state index in [1.807, 2.05) is 6.92 Å². The quantitative estimate of drug-likeness (QED) is 0.877. The van der Waals surface area contributed by atoms with E-state index < -0.39 is 0 Å². The monoisotopic (exact) mass is 339 g/mol. The summed E-state index contributed by atoms with van der Waals surface area (Å²) in [4.78, 5) is 15.2. The van der Waals surface area contributed by atoms with Gasteiger partial charge in [0.15, 0.2) is 0 Å². The highest BCUT2D eigenvalue weighted by Gasteiger charge is 2.18. The molecular formula is C21H29N3O. The number of hydrogen-bond acceptors (Lipinski definition) is 2. The van der Waals surface area contributed by atoms with Crippen molar-refractivity contribution in [1.29, 1.82) is 0 Å². The van der Waals surface area contributed by atoms with Gasteiger partial charge in [-0.2, -0.15) is 0 Å². The summed E-state index contributed by atoms with van der Waals surface area (Å²) in [5, 5.41) is 3.11. The van der Waals surface area contributed by atoms with Gasteiger partial charge in [-0.05, 0) is 63.9 Å². The Hall–Kier alpha value is -2.07. The molecule has 0 spiro atoms. The Balaban J connectivity index is 1.69. The van der Waals surface area contributed by atoms with E-state index in [0.717, 1.165) is 43.1 Å². The van der Waals surface area contributed by atoms with Crippen LogP contribution in [0.1, 0.15) is 45.7 Å². The fraction of sp³-hybridized carbons (Fsp3) is 0.476. The number of aromatic nitrogens is 1. The molecule has 1 N–H and O–H groups in total. The van der Waals surface area contributed by atoms with Gasteiger partial charge in [0.1, 0.15) is 5.69 Å². The van der Waals surface area contributed by atoms with Crippen LogP contribution < -0.4 is 5.32 Å². The topological polar surface area (TPSA) is 37.3 Å². The Kier molecular flexibility index (Phi) is 5.59. The van der Waals surface area contributed by atoms with Crippen molar-refractivity contribution in [3.8, 4) is 0 Å². The van der Waals surface area contributed by atoms with Gasteiger partial charge in [0.25, 0.3) is 5.91 Å². The first kappa shape index (κ1) is 17.7. The standard InChI is InChI=1S/C21H29N3O/c1-16-6-8-19(9-7-16)15-24-18(3)14-17(2)20(24)21(25)22-10-13-23-11-4-5-12-23/h6-9,14H,4-5,10-13,15H2,1-3H3,(H,22,25). The lowest BCUT2D eigenvalue weighted by atomic mass is 10.1. The number of benzene rings is 1. The zero-order valence-corrected chi connectivity index (χ0v) is 15.6. The number of likely N-dealkylation sites (tertiary alicyclic amines) is 1. The number of amides is 1. The Labute approximate surface area is 150 Å². The van der Waals surface area contributed by atoms with Crippen molar-refractivity contribution < 1.29 is 4.79 Å². The van der Waals surface area contributed by atoms with Crippen LogP contribution >= 0.6 is 0 Å². The van der Waals surface area contributed by atoms with Crippen molar-refractivity contribution >= 4 is 5.91 Å². The summed E-state index contributed by atoms with van der Waals surface area (Å²) in [6, 6.07) is 10.6. The van der Waals surface area contributed by atoms with Crippen LogP contribution in [-0.2, 0) is 6.54 Å². The molecule has 1 aliphatic rings. The molecule has 0 aliphatic carbocycles. The highest BCUT2D eigenvalue weighted by Crippen LogP contribution is 2.17. The molecule has 1 saturated heterocycles. The van der Waals surface area contributed by atoms with Crippen molar-refractivity contribution in [3.05, 3.63) is 58.4 Å². The molecule has 1 fully saturated rings. The van der Waals surface area contributed by atoms with Gasteiger partial charge in [-0.25, -0.2) is 0 Å². The van der Waals surface area contributed by atoms with E-state index >= 15 is 0 Å². The average molecular weight is 339 g/mol. The molecule has 4 nitrogen and oxygen atoms in total. The maximum atomic E-state index is 12.8. The molecule has 0 saturated carbocycles. The van der Waals surface area contributed by atoms with Crippen molar-refractivity contribution in [1.82, 2.24) is 14.8 Å². The lowest BCUT2D eigenvalue weighted by Gasteiger charge is -2.16. The summed E-state index contributed by atoms with van der Waals surface area (Å²) >= 11 is 0. The third-order valence-electron chi connectivity index (χ3n) is 5.08. The number of carbonyl (C=O) groups is 1. The highest BCUT2D eigenvalue weighted by molar-refractivity contribution is 5.94. The molecule has 0 atom stereocenters. The molecule has 134 valence electrons. The predicted molar refractivity (Wildman–Crippen MR) is 102 cm³/mol. The number of hydrogen-bond donors (Lipinski definition) is 1. The van der Waals surface area contributed by atoms with Gasteiger partial charge in [0.2, 0.25) is 0 Å². The normalized spacial score (nSPS) is 14.8. The number of nitrogens with zero attached hydrogens (tertiary/aromatic N) is 2. The second-order valence-electron chi connectivity index (χ2n) is 7.19. The van der Waals surface area contributed by atoms with Gasteiger partial charge < -0.3 is 14.8 Å². The minimum absolute atomic E-state index is 0.0388. The smallest absolute Gasteiger partial charge is 0.268 e. The van der Waals surface area contributed by atoms with Gasteiger partial charge in [-0.15, -0.1) is 0 Å². The third kappa shape index (κ3) is 4.31. The van der Waals surface area contributed by atoms with Crippen LogP contribution in [0.25, 0.3) is 0 Å². The third-order valence-corrected chi connectivity index (χ3v) is 5.08. The van der Waals surface area contributed by atoms with E-state index in [4.69, 9.17) is 0 Å². The summed E-state index contributed by atoms with van der Waals surface area (Å²) in [7, 11) is 0. The summed E-state index contributed by atoms with van der Waals surface area (Å²) in [6.07, 6.45) is 2.57. The van der Waals surface area contributed by atoms with E-state index in [0.29, 0.717) is 6.54 Å². The SMILES string of the molecule is Cc1ccc(Cn2c(C)cc(C)c2C(=O)NCCN2CCCC2)cc1. The van der Waals surface area contributed by atoms with Crippen LogP contribution in [0, 0.1) is 20.8 Å². The highest BCUT2D eigenvalue weighted by atomic mass is 16.1. The Morgan fingerprint density at radius 3 is 2.44 bits per heavy atom. The molecule has 1 amide bonds. The maximum Gasteiger partial charge on any atom is 0.268 e. The summed E-state index contributed by atoms with van der Waals surface area (Å²) < 4.78 is 2.13. The molecule has 2 heterocycles. The minimum atomic E-state index is 0.0388. The molecule has 0 unspecified atom stereocenters. The van der Waals surface area contributed by atoms with Gasteiger partial charge in [0, 0.05) is 25.3 Å². The van der Waals surface area contributed by atoms with E-state index in [1.54, 1.807) is 0 Å². The van der Waals surface area contributed by atoms with E-state index in [2.05, 4.69) is 59.0 Å². The molecule has 4 heteroatoms. The Bertz CT molecular complexity index is 724. The first-order chi connectivity index (χ1) is 12.0. The minimum Gasteiger partial charge on any atom is -0.349 e. The number of aryl methyl sites for hydroxylation is 3. The predicted octanol–water partition coefficient (Wildman–Crippen LogP) is 3.29. The maximum absolute atomic E-state index is 12.8. The first-order valence-electron chi connectivity index (χ1n) is 9.27. The first-order valence-corrected chi connectivity index (χ1v) is 9.27. The van der Waals surface area contributed by atoms with Crippen molar-refractivity contribution in [2.24, 2.45) is 0 Å². The summed E-state index contributed by atoms with van der Waals surface area (Å²) in [5.41, 5.74) is 5.44. The zero-order valence-electron chi connectivity index (χ0n) is 15.6. The van der Waals surface area contributed by atoms with E-state index in [-0.39, 0.29) is 5.91 Å². The van der Waals surface area contributed by atoms with Crippen LogP contribution in [0.3, 0.4) is 0 Å². The molecule has 0 radical (unpaired) electrons. The fourth-order valence-corrected chi connectivity index (χ4v) is 3.65. The summed E-state index contributed by atoms with van der Waals surface area (Å²) in [5.74, 6) is 0.0388. The van der Waals surface area contributed by atoms with E-state index in [9.17, 15) is 4.79 Å². The van der Waals surface area contributed by atoms with Crippen LogP contribution in [0.15, 0.2) is 30.3 Å². The van der Waals surface area contributed by atoms with Crippen LogP contribution in [0.2, 0.25) is 0 Å². The number of carbonyl (C=O) groups excluding carboxylic acids is 1. The largest absolute Gasteiger partial charge is 0.349 e. The van der Waals surface area contributed by atoms with Crippen LogP contribution in [0.5, 0.6) is 0 Å². The Morgan fingerprint density at radius 1 is 1.08 bits per heavy atom. The van der Waals surface area contributed by atoms with Crippen LogP contribution in [0.4, 0.5) is 0 Å². The van der Waals surface area contributed by atoms with Gasteiger partial charge in [-0.3, -0.25) is 4.79 Å². The van der Waals surface area contributed by atoms with Gasteiger partial charge in [-0.1, -0.05) is 29.8 Å². The molecule has 1 aliphatic heterocycles. The average Bonchev–Trinajstić information content (AvgIpc) is 3.18. The zero-order chi connectivity index (χ0) is 17.8. The van der Waals surface area contributed by atoms with E-state index in [1.165, 1.54) is 24.0 Å². The second-order valence-corrected chi connectivity index (χ2v) is 7.19. The van der Waals surface area contributed by atoms with Gasteiger partial charge >= 0.3 is 0 Å². The fourth-order valence-electron chi connectivity index (χ4n) is 3.65. The van der Waals surface area contributed by atoms with Crippen molar-refractivity contribution in [3.63, 3.8) is 0 Å². The van der Waals surface area contributed by atoms with Crippen molar-refractivity contribution in [2.75, 3.05) is 26.2 Å². The molecule has 1 aromatic heterocycles. The molecule has 2 aromatic rings. The second kappa shape index (κ2) is 7.87. The van der Waals surface area contributed by atoms with Crippen LogP contribution in [-0.4, -0.2) is 41.6 Å². The number of nitrogens with one attached hydrogen (secondary N) is 1. The molecule has 3 rings (SSSR count). The molecule has 0 bridgehead atoms. The molecule has 1 aromatic carbocycles. The lowest BCUT2D eigenvalue weighted by Crippen LogP contribution is -2.34. The Morgan fingerprint density at radius 2 is 1.76 bits per heavy atom. The lowest BCUT2D eigenvalue weighted by molar-refractivity contribution is 0.0940. The van der Waals surface area contributed by atoms with Crippen molar-refractivity contribution in [2.45, 2.75) is 40.2 Å². The number of rotatable bonds is 6. The molecule has 25 heavy (non-hydrogen) atoms. The van der Waals surface area contributed by atoms with Gasteiger partial charge in [0.05, 0.1) is 0 Å². The molecular weight excluding hydrogens is 310 g/mol.